The molecule has 0 fully saturated rings. The lowest BCUT2D eigenvalue weighted by molar-refractivity contribution is -0.113. The third-order valence-corrected chi connectivity index (χ3v) is 3.09. The van der Waals surface area contributed by atoms with Gasteiger partial charge < -0.3 is 4.90 Å². The maximum Gasteiger partial charge on any atom is 0.160 e. The standard InChI is InChI=1S/C18H19NO/c1-19(2)17-11-8-15(9-12-17)10-13-18(20)14-16-6-4-3-5-7-16/h3-13H,14H2,1-2H3. The first-order valence-corrected chi connectivity index (χ1v) is 6.67. The molecule has 0 unspecified atom stereocenters. The number of rotatable bonds is 5. The van der Waals surface area contributed by atoms with Gasteiger partial charge in [0.25, 0.3) is 0 Å². The van der Waals surface area contributed by atoms with Crippen molar-refractivity contribution in [2.24, 2.45) is 0 Å². The van der Waals surface area contributed by atoms with E-state index in [1.54, 1.807) is 6.08 Å². The fraction of sp³-hybridized carbons (Fsp3) is 0.167. The highest BCUT2D eigenvalue weighted by atomic mass is 16.1. The second kappa shape index (κ2) is 6.71. The van der Waals surface area contributed by atoms with Gasteiger partial charge in [-0.15, -0.1) is 0 Å². The molecule has 2 aromatic rings. The highest BCUT2D eigenvalue weighted by Gasteiger charge is 1.99. The molecule has 0 aliphatic rings. The molecule has 2 nitrogen and oxygen atoms in total. The first-order chi connectivity index (χ1) is 9.65. The molecule has 2 rings (SSSR count). The van der Waals surface area contributed by atoms with Crippen LogP contribution in [0.1, 0.15) is 11.1 Å². The average Bonchev–Trinajstić information content (AvgIpc) is 2.46. The molecule has 0 bridgehead atoms. The van der Waals surface area contributed by atoms with Gasteiger partial charge in [-0.25, -0.2) is 0 Å². The maximum atomic E-state index is 11.9. The Bertz CT molecular complexity index is 583. The Kier molecular flexibility index (Phi) is 4.72. The minimum atomic E-state index is 0.118. The fourth-order valence-electron chi connectivity index (χ4n) is 1.93. The average molecular weight is 265 g/mol. The first kappa shape index (κ1) is 14.1. The van der Waals surface area contributed by atoms with Crippen molar-refractivity contribution in [3.63, 3.8) is 0 Å². The summed E-state index contributed by atoms with van der Waals surface area (Å²) in [6.45, 7) is 0. The van der Waals surface area contributed by atoms with E-state index in [9.17, 15) is 4.79 Å². The molecule has 0 radical (unpaired) electrons. The lowest BCUT2D eigenvalue weighted by Crippen LogP contribution is -2.07. The summed E-state index contributed by atoms with van der Waals surface area (Å²) >= 11 is 0. The van der Waals surface area contributed by atoms with Crippen molar-refractivity contribution < 1.29 is 4.79 Å². The van der Waals surface area contributed by atoms with E-state index in [0.717, 1.165) is 16.8 Å². The van der Waals surface area contributed by atoms with Crippen molar-refractivity contribution in [1.29, 1.82) is 0 Å². The molecular weight excluding hydrogens is 246 g/mol. The van der Waals surface area contributed by atoms with Gasteiger partial charge in [0.2, 0.25) is 0 Å². The van der Waals surface area contributed by atoms with E-state index in [1.807, 2.05) is 79.7 Å². The van der Waals surface area contributed by atoms with E-state index < -0.39 is 0 Å². The number of carbonyl (C=O) groups excluding carboxylic acids is 1. The largest absolute Gasteiger partial charge is 0.378 e. The van der Waals surface area contributed by atoms with Crippen LogP contribution in [0.25, 0.3) is 6.08 Å². The Balaban J connectivity index is 1.97. The maximum absolute atomic E-state index is 11.9. The number of hydrogen-bond donors (Lipinski definition) is 0. The van der Waals surface area contributed by atoms with E-state index in [2.05, 4.69) is 0 Å². The minimum Gasteiger partial charge on any atom is -0.378 e. The van der Waals surface area contributed by atoms with E-state index in [4.69, 9.17) is 0 Å². The predicted molar refractivity (Wildman–Crippen MR) is 85.0 cm³/mol. The second-order valence-corrected chi connectivity index (χ2v) is 4.95. The van der Waals surface area contributed by atoms with Gasteiger partial charge in [0, 0.05) is 26.2 Å². The lowest BCUT2D eigenvalue weighted by Gasteiger charge is -2.11. The molecule has 0 saturated heterocycles. The van der Waals surface area contributed by atoms with Crippen molar-refractivity contribution in [2.75, 3.05) is 19.0 Å². The van der Waals surface area contributed by atoms with Gasteiger partial charge in [-0.2, -0.15) is 0 Å². The summed E-state index contributed by atoms with van der Waals surface area (Å²) < 4.78 is 0. The van der Waals surface area contributed by atoms with Crippen LogP contribution in [-0.2, 0) is 11.2 Å². The molecule has 2 heteroatoms. The molecule has 0 aliphatic carbocycles. The van der Waals surface area contributed by atoms with E-state index in [-0.39, 0.29) is 5.78 Å². The van der Waals surface area contributed by atoms with Crippen LogP contribution < -0.4 is 4.90 Å². The third kappa shape index (κ3) is 4.09. The number of ketones is 1. The number of carbonyl (C=O) groups is 1. The summed E-state index contributed by atoms with van der Waals surface area (Å²) in [6, 6.07) is 17.9. The number of allylic oxidation sites excluding steroid dienone is 1. The monoisotopic (exact) mass is 265 g/mol. The van der Waals surface area contributed by atoms with Gasteiger partial charge in [0.15, 0.2) is 5.78 Å². The van der Waals surface area contributed by atoms with Gasteiger partial charge in [-0.05, 0) is 29.3 Å². The highest BCUT2D eigenvalue weighted by Crippen LogP contribution is 2.13. The Morgan fingerprint density at radius 3 is 2.25 bits per heavy atom. The van der Waals surface area contributed by atoms with Crippen LogP contribution in [0.15, 0.2) is 60.7 Å². The molecule has 0 aliphatic heterocycles. The molecule has 0 spiro atoms. The summed E-state index contributed by atoms with van der Waals surface area (Å²) in [5.41, 5.74) is 3.24. The molecule has 0 saturated carbocycles. The second-order valence-electron chi connectivity index (χ2n) is 4.95. The van der Waals surface area contributed by atoms with Crippen molar-refractivity contribution in [3.8, 4) is 0 Å². The van der Waals surface area contributed by atoms with Crippen molar-refractivity contribution in [3.05, 3.63) is 71.8 Å². The quantitative estimate of drug-likeness (QED) is 0.770. The summed E-state index contributed by atoms with van der Waals surface area (Å²) in [4.78, 5) is 13.9. The number of hydrogen-bond acceptors (Lipinski definition) is 2. The van der Waals surface area contributed by atoms with Crippen molar-refractivity contribution in [2.45, 2.75) is 6.42 Å². The number of benzene rings is 2. The van der Waals surface area contributed by atoms with Crippen molar-refractivity contribution >= 4 is 17.5 Å². The summed E-state index contributed by atoms with van der Waals surface area (Å²) in [5.74, 6) is 0.118. The van der Waals surface area contributed by atoms with Crippen LogP contribution in [-0.4, -0.2) is 19.9 Å². The Labute approximate surface area is 120 Å². The molecule has 102 valence electrons. The van der Waals surface area contributed by atoms with Gasteiger partial charge >= 0.3 is 0 Å². The normalized spacial score (nSPS) is 10.7. The molecule has 0 atom stereocenters. The first-order valence-electron chi connectivity index (χ1n) is 6.67. The smallest absolute Gasteiger partial charge is 0.160 e. The predicted octanol–water partition coefficient (Wildman–Crippen LogP) is 3.58. The van der Waals surface area contributed by atoms with E-state index in [1.165, 1.54) is 0 Å². The molecule has 0 N–H and O–H groups in total. The Hall–Kier alpha value is -2.35. The van der Waals surface area contributed by atoms with Crippen LogP contribution >= 0.6 is 0 Å². The zero-order valence-corrected chi connectivity index (χ0v) is 11.9. The van der Waals surface area contributed by atoms with E-state index in [0.29, 0.717) is 6.42 Å². The van der Waals surface area contributed by atoms with Crippen LogP contribution in [0.4, 0.5) is 5.69 Å². The zero-order valence-electron chi connectivity index (χ0n) is 11.9. The van der Waals surface area contributed by atoms with Crippen LogP contribution in [0, 0.1) is 0 Å². The molecule has 0 heterocycles. The van der Waals surface area contributed by atoms with Crippen molar-refractivity contribution in [1.82, 2.24) is 0 Å². The van der Waals surface area contributed by atoms with Gasteiger partial charge in [-0.1, -0.05) is 48.5 Å². The minimum absolute atomic E-state index is 0.118. The number of anilines is 1. The highest BCUT2D eigenvalue weighted by molar-refractivity contribution is 5.95. The molecule has 2 aromatic carbocycles. The molecular formula is C18H19NO. The zero-order chi connectivity index (χ0) is 14.4. The number of nitrogens with zero attached hydrogens (tertiary/aromatic N) is 1. The summed E-state index contributed by atoms with van der Waals surface area (Å²) in [5, 5.41) is 0. The summed E-state index contributed by atoms with van der Waals surface area (Å²) in [6.07, 6.45) is 3.97. The molecule has 20 heavy (non-hydrogen) atoms. The fourth-order valence-corrected chi connectivity index (χ4v) is 1.93. The summed E-state index contributed by atoms with van der Waals surface area (Å²) in [7, 11) is 4.02. The molecule has 0 amide bonds. The lowest BCUT2D eigenvalue weighted by atomic mass is 10.1. The Morgan fingerprint density at radius 2 is 1.65 bits per heavy atom. The third-order valence-electron chi connectivity index (χ3n) is 3.09. The topological polar surface area (TPSA) is 20.3 Å². The van der Waals surface area contributed by atoms with Gasteiger partial charge in [0.1, 0.15) is 0 Å². The molecule has 0 aromatic heterocycles. The Morgan fingerprint density at radius 1 is 1.00 bits per heavy atom. The van der Waals surface area contributed by atoms with Crippen LogP contribution in [0.5, 0.6) is 0 Å². The SMILES string of the molecule is CN(C)c1ccc(C=CC(=O)Cc2ccccc2)cc1. The van der Waals surface area contributed by atoms with Crippen LogP contribution in [0.3, 0.4) is 0 Å². The van der Waals surface area contributed by atoms with Gasteiger partial charge in [0.05, 0.1) is 0 Å². The van der Waals surface area contributed by atoms with Gasteiger partial charge in [-0.3, -0.25) is 4.79 Å². The van der Waals surface area contributed by atoms with E-state index >= 15 is 0 Å². The van der Waals surface area contributed by atoms with Crippen LogP contribution in [0.2, 0.25) is 0 Å².